The molecule has 1 rings (SSSR count). The highest BCUT2D eigenvalue weighted by molar-refractivity contribution is 9.09. The first-order valence-corrected chi connectivity index (χ1v) is 8.36. The number of aryl methyl sites for hydroxylation is 2. The lowest BCUT2D eigenvalue weighted by Gasteiger charge is -2.32. The molecule has 0 aliphatic carbocycles. The standard InChI is InChI=1S/C13H22Br2N2/c1-11(2)8-13(9-14,10-15)6-4-12-5-7-16-17(12)3/h5,7,11H,4,6,8-10H2,1-3H3. The van der Waals surface area contributed by atoms with Gasteiger partial charge in [-0.3, -0.25) is 4.68 Å². The molecule has 1 aromatic heterocycles. The summed E-state index contributed by atoms with van der Waals surface area (Å²) in [5, 5.41) is 6.34. The first kappa shape index (κ1) is 15.2. The second kappa shape index (κ2) is 6.93. The van der Waals surface area contributed by atoms with Crippen LogP contribution in [0.2, 0.25) is 0 Å². The molecule has 0 atom stereocenters. The number of aromatic nitrogens is 2. The van der Waals surface area contributed by atoms with Gasteiger partial charge in [0, 0.05) is 29.6 Å². The van der Waals surface area contributed by atoms with Gasteiger partial charge in [-0.25, -0.2) is 0 Å². The fourth-order valence-electron chi connectivity index (χ4n) is 2.29. The smallest absolute Gasteiger partial charge is 0.0492 e. The maximum atomic E-state index is 4.22. The summed E-state index contributed by atoms with van der Waals surface area (Å²) in [7, 11) is 2.02. The Labute approximate surface area is 121 Å². The zero-order valence-corrected chi connectivity index (χ0v) is 14.1. The molecule has 0 spiro atoms. The maximum Gasteiger partial charge on any atom is 0.0492 e. The first-order chi connectivity index (χ1) is 8.03. The van der Waals surface area contributed by atoms with E-state index in [1.165, 1.54) is 18.5 Å². The molecular weight excluding hydrogens is 344 g/mol. The number of rotatable bonds is 7. The van der Waals surface area contributed by atoms with Gasteiger partial charge in [0.1, 0.15) is 0 Å². The van der Waals surface area contributed by atoms with Crippen LogP contribution in [0, 0.1) is 11.3 Å². The van der Waals surface area contributed by atoms with Gasteiger partial charge >= 0.3 is 0 Å². The summed E-state index contributed by atoms with van der Waals surface area (Å²) < 4.78 is 1.97. The molecule has 17 heavy (non-hydrogen) atoms. The molecule has 0 aromatic carbocycles. The van der Waals surface area contributed by atoms with Gasteiger partial charge in [0.15, 0.2) is 0 Å². The maximum absolute atomic E-state index is 4.22. The van der Waals surface area contributed by atoms with E-state index in [1.807, 2.05) is 17.9 Å². The zero-order chi connectivity index (χ0) is 12.9. The number of hydrogen-bond acceptors (Lipinski definition) is 1. The highest BCUT2D eigenvalue weighted by Crippen LogP contribution is 2.35. The van der Waals surface area contributed by atoms with Crippen molar-refractivity contribution in [2.45, 2.75) is 33.1 Å². The molecule has 2 nitrogen and oxygen atoms in total. The van der Waals surface area contributed by atoms with Gasteiger partial charge in [0.05, 0.1) is 0 Å². The van der Waals surface area contributed by atoms with E-state index in [2.05, 4.69) is 56.9 Å². The fraction of sp³-hybridized carbons (Fsp3) is 0.769. The van der Waals surface area contributed by atoms with E-state index < -0.39 is 0 Å². The van der Waals surface area contributed by atoms with Gasteiger partial charge in [-0.2, -0.15) is 5.10 Å². The summed E-state index contributed by atoms with van der Waals surface area (Å²) in [6.45, 7) is 4.59. The molecule has 0 unspecified atom stereocenters. The largest absolute Gasteiger partial charge is 0.273 e. The van der Waals surface area contributed by atoms with Crippen molar-refractivity contribution in [1.82, 2.24) is 9.78 Å². The van der Waals surface area contributed by atoms with E-state index in [-0.39, 0.29) is 0 Å². The van der Waals surface area contributed by atoms with Crippen LogP contribution in [-0.2, 0) is 13.5 Å². The number of halogens is 2. The van der Waals surface area contributed by atoms with Crippen molar-refractivity contribution in [3.05, 3.63) is 18.0 Å². The molecule has 1 aromatic rings. The average molecular weight is 366 g/mol. The Morgan fingerprint density at radius 3 is 2.41 bits per heavy atom. The van der Waals surface area contributed by atoms with Gasteiger partial charge in [-0.1, -0.05) is 45.7 Å². The van der Waals surface area contributed by atoms with Crippen LogP contribution in [0.5, 0.6) is 0 Å². The van der Waals surface area contributed by atoms with Crippen molar-refractivity contribution >= 4 is 31.9 Å². The topological polar surface area (TPSA) is 17.8 Å². The monoisotopic (exact) mass is 364 g/mol. The second-order valence-corrected chi connectivity index (χ2v) is 6.43. The van der Waals surface area contributed by atoms with Crippen molar-refractivity contribution in [2.75, 3.05) is 10.7 Å². The molecule has 98 valence electrons. The average Bonchev–Trinajstić information content (AvgIpc) is 2.70. The molecule has 0 fully saturated rings. The summed E-state index contributed by atoms with van der Waals surface area (Å²) in [4.78, 5) is 0. The van der Waals surface area contributed by atoms with Crippen molar-refractivity contribution in [1.29, 1.82) is 0 Å². The highest BCUT2D eigenvalue weighted by Gasteiger charge is 2.28. The minimum absolute atomic E-state index is 0.360. The molecule has 0 amide bonds. The second-order valence-electron chi connectivity index (χ2n) is 5.31. The van der Waals surface area contributed by atoms with Crippen LogP contribution in [0.4, 0.5) is 0 Å². The Hall–Kier alpha value is 0.170. The molecule has 0 saturated heterocycles. The summed E-state index contributed by atoms with van der Waals surface area (Å²) in [5.74, 6) is 0.733. The van der Waals surface area contributed by atoms with Gasteiger partial charge in [-0.15, -0.1) is 0 Å². The van der Waals surface area contributed by atoms with Crippen molar-refractivity contribution in [3.8, 4) is 0 Å². The third-order valence-electron chi connectivity index (χ3n) is 3.24. The fourth-order valence-corrected chi connectivity index (χ4v) is 4.23. The van der Waals surface area contributed by atoms with Crippen LogP contribution >= 0.6 is 31.9 Å². The first-order valence-electron chi connectivity index (χ1n) is 6.12. The van der Waals surface area contributed by atoms with Gasteiger partial charge < -0.3 is 0 Å². The third-order valence-corrected chi connectivity index (χ3v) is 5.62. The van der Waals surface area contributed by atoms with Crippen molar-refractivity contribution in [3.63, 3.8) is 0 Å². The molecule has 0 bridgehead atoms. The molecule has 0 N–H and O–H groups in total. The molecular formula is C13H22Br2N2. The predicted molar refractivity (Wildman–Crippen MR) is 81.0 cm³/mol. The lowest BCUT2D eigenvalue weighted by Crippen LogP contribution is -2.28. The van der Waals surface area contributed by atoms with Gasteiger partial charge in [0.2, 0.25) is 0 Å². The molecule has 0 saturated carbocycles. The van der Waals surface area contributed by atoms with Gasteiger partial charge in [0.25, 0.3) is 0 Å². The molecule has 0 radical (unpaired) electrons. The summed E-state index contributed by atoms with van der Waals surface area (Å²) in [6, 6.07) is 2.11. The molecule has 4 heteroatoms. The van der Waals surface area contributed by atoms with Crippen LogP contribution < -0.4 is 0 Å². The van der Waals surface area contributed by atoms with Crippen LogP contribution in [0.25, 0.3) is 0 Å². The SMILES string of the molecule is CC(C)CC(CBr)(CBr)CCc1ccnn1C. The molecule has 0 aliphatic rings. The van der Waals surface area contributed by atoms with E-state index in [0.29, 0.717) is 5.41 Å². The number of nitrogens with zero attached hydrogens (tertiary/aromatic N) is 2. The number of alkyl halides is 2. The summed E-state index contributed by atoms with van der Waals surface area (Å²) in [5.41, 5.74) is 1.68. The van der Waals surface area contributed by atoms with Crippen LogP contribution in [-0.4, -0.2) is 20.4 Å². The Kier molecular flexibility index (Phi) is 6.21. The van der Waals surface area contributed by atoms with Crippen LogP contribution in [0.15, 0.2) is 12.3 Å². The summed E-state index contributed by atoms with van der Waals surface area (Å²) in [6.07, 6.45) is 5.42. The van der Waals surface area contributed by atoms with Crippen LogP contribution in [0.3, 0.4) is 0 Å². The van der Waals surface area contributed by atoms with E-state index in [1.54, 1.807) is 0 Å². The highest BCUT2D eigenvalue weighted by atomic mass is 79.9. The quantitative estimate of drug-likeness (QED) is 0.663. The van der Waals surface area contributed by atoms with E-state index in [0.717, 1.165) is 23.0 Å². The summed E-state index contributed by atoms with van der Waals surface area (Å²) >= 11 is 7.38. The Bertz CT molecular complexity index is 330. The van der Waals surface area contributed by atoms with Gasteiger partial charge in [-0.05, 0) is 36.7 Å². The van der Waals surface area contributed by atoms with Crippen LogP contribution in [0.1, 0.15) is 32.4 Å². The van der Waals surface area contributed by atoms with E-state index in [9.17, 15) is 0 Å². The Morgan fingerprint density at radius 2 is 2.00 bits per heavy atom. The Balaban J connectivity index is 2.64. The normalized spacial score (nSPS) is 12.4. The minimum Gasteiger partial charge on any atom is -0.273 e. The predicted octanol–water partition coefficient (Wildman–Crippen LogP) is 4.18. The molecule has 0 aliphatic heterocycles. The third kappa shape index (κ3) is 4.40. The zero-order valence-electron chi connectivity index (χ0n) is 10.9. The lowest BCUT2D eigenvalue weighted by molar-refractivity contribution is 0.282. The van der Waals surface area contributed by atoms with E-state index in [4.69, 9.17) is 0 Å². The van der Waals surface area contributed by atoms with Crippen molar-refractivity contribution in [2.24, 2.45) is 18.4 Å². The Morgan fingerprint density at radius 1 is 1.35 bits per heavy atom. The molecule has 1 heterocycles. The van der Waals surface area contributed by atoms with Crippen molar-refractivity contribution < 1.29 is 0 Å². The minimum atomic E-state index is 0.360. The number of hydrogen-bond donors (Lipinski definition) is 0. The lowest BCUT2D eigenvalue weighted by atomic mass is 9.79. The van der Waals surface area contributed by atoms with E-state index >= 15 is 0 Å².